The Kier molecular flexibility index (Phi) is 6.50. The standard InChI is InChI=1S/C17H16ClNO3S/c1-12(17(21)19-14-7-5-6-13(18)10-14)22-16(20)11-23-15-8-3-2-4-9-15/h2-10,12H,11H2,1H3,(H,19,21)/t12-/m0/s1. The fourth-order valence-electron chi connectivity index (χ4n) is 1.75. The third-order valence-electron chi connectivity index (χ3n) is 2.87. The molecule has 0 saturated carbocycles. The van der Waals surface area contributed by atoms with Gasteiger partial charge in [-0.15, -0.1) is 11.8 Å². The average Bonchev–Trinajstić information content (AvgIpc) is 2.54. The van der Waals surface area contributed by atoms with Gasteiger partial charge < -0.3 is 10.1 Å². The van der Waals surface area contributed by atoms with Crippen LogP contribution in [0.3, 0.4) is 0 Å². The van der Waals surface area contributed by atoms with Crippen molar-refractivity contribution in [1.82, 2.24) is 0 Å². The summed E-state index contributed by atoms with van der Waals surface area (Å²) in [6.45, 7) is 1.53. The van der Waals surface area contributed by atoms with E-state index >= 15 is 0 Å². The number of carbonyl (C=O) groups is 2. The van der Waals surface area contributed by atoms with E-state index in [-0.39, 0.29) is 5.75 Å². The average molecular weight is 350 g/mol. The van der Waals surface area contributed by atoms with Crippen LogP contribution in [0.1, 0.15) is 6.92 Å². The second kappa shape index (κ2) is 8.60. The molecular formula is C17H16ClNO3S. The number of rotatable bonds is 6. The van der Waals surface area contributed by atoms with Crippen LogP contribution in [0.5, 0.6) is 0 Å². The van der Waals surface area contributed by atoms with Gasteiger partial charge in [0.05, 0.1) is 5.75 Å². The Hall–Kier alpha value is -1.98. The summed E-state index contributed by atoms with van der Waals surface area (Å²) in [5, 5.41) is 3.17. The van der Waals surface area contributed by atoms with Crippen molar-refractivity contribution in [3.05, 3.63) is 59.6 Å². The summed E-state index contributed by atoms with van der Waals surface area (Å²) >= 11 is 7.22. The lowest BCUT2D eigenvalue weighted by molar-refractivity contribution is -0.150. The lowest BCUT2D eigenvalue weighted by Gasteiger charge is -2.13. The van der Waals surface area contributed by atoms with Crippen LogP contribution in [0.4, 0.5) is 5.69 Å². The third-order valence-corrected chi connectivity index (χ3v) is 4.09. The van der Waals surface area contributed by atoms with E-state index in [2.05, 4.69) is 5.32 Å². The second-order valence-electron chi connectivity index (χ2n) is 4.73. The molecule has 0 spiro atoms. The van der Waals surface area contributed by atoms with E-state index in [1.165, 1.54) is 18.7 Å². The number of hydrogen-bond acceptors (Lipinski definition) is 4. The summed E-state index contributed by atoms with van der Waals surface area (Å²) in [5.41, 5.74) is 0.559. The van der Waals surface area contributed by atoms with E-state index < -0.39 is 18.0 Å². The molecule has 2 rings (SSSR count). The molecule has 0 fully saturated rings. The van der Waals surface area contributed by atoms with E-state index in [9.17, 15) is 9.59 Å². The number of benzene rings is 2. The van der Waals surface area contributed by atoms with Gasteiger partial charge in [0.25, 0.3) is 5.91 Å². The van der Waals surface area contributed by atoms with Crippen molar-refractivity contribution in [1.29, 1.82) is 0 Å². The van der Waals surface area contributed by atoms with Crippen molar-refractivity contribution in [3.63, 3.8) is 0 Å². The molecule has 23 heavy (non-hydrogen) atoms. The predicted octanol–water partition coefficient (Wildman–Crippen LogP) is 4.00. The minimum Gasteiger partial charge on any atom is -0.452 e. The van der Waals surface area contributed by atoms with Crippen LogP contribution in [-0.2, 0) is 14.3 Å². The second-order valence-corrected chi connectivity index (χ2v) is 6.22. The van der Waals surface area contributed by atoms with Crippen molar-refractivity contribution in [3.8, 4) is 0 Å². The maximum Gasteiger partial charge on any atom is 0.317 e. The first-order chi connectivity index (χ1) is 11.0. The molecule has 2 aromatic rings. The summed E-state index contributed by atoms with van der Waals surface area (Å²) in [5.74, 6) is -0.684. The number of carbonyl (C=O) groups excluding carboxylic acids is 2. The molecule has 0 aliphatic carbocycles. The zero-order chi connectivity index (χ0) is 16.7. The van der Waals surface area contributed by atoms with Crippen molar-refractivity contribution in [2.45, 2.75) is 17.9 Å². The van der Waals surface area contributed by atoms with Crippen LogP contribution in [0.2, 0.25) is 5.02 Å². The Labute approximate surface area is 144 Å². The maximum atomic E-state index is 12.0. The van der Waals surface area contributed by atoms with Crippen LogP contribution in [0.15, 0.2) is 59.5 Å². The van der Waals surface area contributed by atoms with Gasteiger partial charge in [-0.1, -0.05) is 35.9 Å². The number of amides is 1. The highest BCUT2D eigenvalue weighted by Crippen LogP contribution is 2.18. The minimum absolute atomic E-state index is 0.152. The van der Waals surface area contributed by atoms with Crippen molar-refractivity contribution >= 4 is 40.9 Å². The molecule has 120 valence electrons. The zero-order valence-corrected chi connectivity index (χ0v) is 14.1. The highest BCUT2D eigenvalue weighted by Gasteiger charge is 2.18. The first-order valence-electron chi connectivity index (χ1n) is 6.98. The SMILES string of the molecule is C[C@H](OC(=O)CSc1ccccc1)C(=O)Nc1cccc(Cl)c1. The largest absolute Gasteiger partial charge is 0.452 e. The molecule has 4 nitrogen and oxygen atoms in total. The van der Waals surface area contributed by atoms with Crippen LogP contribution in [0, 0.1) is 0 Å². The van der Waals surface area contributed by atoms with Gasteiger partial charge in [0.15, 0.2) is 6.10 Å². The Morgan fingerprint density at radius 3 is 2.61 bits per heavy atom. The first kappa shape index (κ1) is 17.4. The van der Waals surface area contributed by atoms with E-state index in [4.69, 9.17) is 16.3 Å². The maximum absolute atomic E-state index is 12.0. The minimum atomic E-state index is -0.877. The van der Waals surface area contributed by atoms with Gasteiger partial charge in [0.2, 0.25) is 0 Å². The Morgan fingerprint density at radius 1 is 1.17 bits per heavy atom. The highest BCUT2D eigenvalue weighted by atomic mass is 35.5. The summed E-state index contributed by atoms with van der Waals surface area (Å²) in [4.78, 5) is 24.8. The zero-order valence-electron chi connectivity index (χ0n) is 12.5. The third kappa shape index (κ3) is 5.96. The van der Waals surface area contributed by atoms with E-state index in [0.717, 1.165) is 4.90 Å². The van der Waals surface area contributed by atoms with Gasteiger partial charge in [-0.05, 0) is 37.3 Å². The van der Waals surface area contributed by atoms with Crippen LogP contribution >= 0.6 is 23.4 Å². The van der Waals surface area contributed by atoms with Gasteiger partial charge in [0.1, 0.15) is 0 Å². The number of esters is 1. The van der Waals surface area contributed by atoms with Crippen LogP contribution in [0.25, 0.3) is 0 Å². The molecule has 0 aliphatic rings. The summed E-state index contributed by atoms with van der Waals surface area (Å²) < 4.78 is 5.13. The molecule has 2 aromatic carbocycles. The molecule has 6 heteroatoms. The fraction of sp³-hybridized carbons (Fsp3) is 0.176. The normalized spacial score (nSPS) is 11.6. The molecule has 0 radical (unpaired) electrons. The number of hydrogen-bond donors (Lipinski definition) is 1. The number of ether oxygens (including phenoxy) is 1. The Morgan fingerprint density at radius 2 is 1.91 bits per heavy atom. The molecule has 0 saturated heterocycles. The molecule has 0 aromatic heterocycles. The molecular weight excluding hydrogens is 334 g/mol. The van der Waals surface area contributed by atoms with Crippen molar-refractivity contribution in [2.24, 2.45) is 0 Å². The van der Waals surface area contributed by atoms with Crippen LogP contribution in [-0.4, -0.2) is 23.7 Å². The fourth-order valence-corrected chi connectivity index (χ4v) is 2.65. The lowest BCUT2D eigenvalue weighted by atomic mass is 10.3. The smallest absolute Gasteiger partial charge is 0.317 e. The van der Waals surface area contributed by atoms with Gasteiger partial charge in [-0.2, -0.15) is 0 Å². The summed E-state index contributed by atoms with van der Waals surface area (Å²) in [7, 11) is 0. The Balaban J connectivity index is 1.79. The van der Waals surface area contributed by atoms with Gasteiger partial charge in [-0.25, -0.2) is 0 Å². The molecule has 1 N–H and O–H groups in total. The monoisotopic (exact) mass is 349 g/mol. The highest BCUT2D eigenvalue weighted by molar-refractivity contribution is 8.00. The molecule has 0 unspecified atom stereocenters. The van der Waals surface area contributed by atoms with E-state index in [0.29, 0.717) is 10.7 Å². The van der Waals surface area contributed by atoms with Crippen LogP contribution < -0.4 is 5.32 Å². The Bertz CT molecular complexity index is 679. The molecule has 1 amide bonds. The van der Waals surface area contributed by atoms with E-state index in [1.54, 1.807) is 24.3 Å². The molecule has 0 heterocycles. The van der Waals surface area contributed by atoms with Crippen molar-refractivity contribution < 1.29 is 14.3 Å². The first-order valence-corrected chi connectivity index (χ1v) is 8.35. The number of halogens is 1. The van der Waals surface area contributed by atoms with Gasteiger partial charge in [0, 0.05) is 15.6 Å². The van der Waals surface area contributed by atoms with Gasteiger partial charge >= 0.3 is 5.97 Å². The number of nitrogens with one attached hydrogen (secondary N) is 1. The lowest BCUT2D eigenvalue weighted by Crippen LogP contribution is -2.30. The number of thioether (sulfide) groups is 1. The quantitative estimate of drug-likeness (QED) is 0.632. The van der Waals surface area contributed by atoms with Gasteiger partial charge in [-0.3, -0.25) is 9.59 Å². The summed E-state index contributed by atoms with van der Waals surface area (Å²) in [6.07, 6.45) is -0.877. The topological polar surface area (TPSA) is 55.4 Å². The van der Waals surface area contributed by atoms with Crippen molar-refractivity contribution in [2.75, 3.05) is 11.1 Å². The van der Waals surface area contributed by atoms with E-state index in [1.807, 2.05) is 30.3 Å². The summed E-state index contributed by atoms with van der Waals surface area (Å²) in [6, 6.07) is 16.3. The predicted molar refractivity (Wildman–Crippen MR) is 92.8 cm³/mol. The molecule has 0 aliphatic heterocycles. The number of anilines is 1. The molecule has 1 atom stereocenters. The molecule has 0 bridgehead atoms.